The largest absolute Gasteiger partial charge is 0.299 e. The first-order chi connectivity index (χ1) is 9.69. The van der Waals surface area contributed by atoms with Crippen LogP contribution in [0.4, 0.5) is 0 Å². The molecule has 0 spiro atoms. The molecule has 3 rings (SSSR count). The summed E-state index contributed by atoms with van der Waals surface area (Å²) in [6, 6.07) is 4.18. The maximum Gasteiger partial charge on any atom is 0.146 e. The van der Waals surface area contributed by atoms with Crippen LogP contribution >= 0.6 is 11.3 Å². The monoisotopic (exact) mass is 288 g/mol. The average Bonchev–Trinajstić information content (AvgIpc) is 3.04. The Bertz CT molecular complexity index is 626. The number of ketones is 1. The number of thiophene rings is 1. The molecular weight excluding hydrogens is 268 g/mol. The first-order valence-corrected chi connectivity index (χ1v) is 8.19. The Morgan fingerprint density at radius 1 is 1.55 bits per heavy atom. The van der Waals surface area contributed by atoms with Crippen molar-refractivity contribution in [2.45, 2.75) is 52.0 Å². The Hall–Kier alpha value is -1.42. The standard InChI is InChI=1S/C16H20N2OS/c1-3-18-12(9-11(2)17-18)10-15(19)13-5-4-6-16-14(13)7-8-20-16/h7-9,13H,3-6,10H2,1-2H3. The molecule has 106 valence electrons. The van der Waals surface area contributed by atoms with E-state index in [0.717, 1.165) is 37.2 Å². The van der Waals surface area contributed by atoms with Crippen molar-refractivity contribution in [3.8, 4) is 0 Å². The third kappa shape index (κ3) is 2.44. The van der Waals surface area contributed by atoms with Crippen molar-refractivity contribution in [3.63, 3.8) is 0 Å². The van der Waals surface area contributed by atoms with Gasteiger partial charge in [0.05, 0.1) is 5.69 Å². The fourth-order valence-electron chi connectivity index (χ4n) is 3.14. The Labute approximate surface area is 123 Å². The number of aromatic nitrogens is 2. The summed E-state index contributed by atoms with van der Waals surface area (Å²) in [7, 11) is 0. The second-order valence-electron chi connectivity index (χ2n) is 5.48. The number of fused-ring (bicyclic) bond motifs is 1. The summed E-state index contributed by atoms with van der Waals surface area (Å²) in [4.78, 5) is 14.1. The van der Waals surface area contributed by atoms with Crippen LogP contribution in [0.25, 0.3) is 0 Å². The number of hydrogen-bond donors (Lipinski definition) is 0. The van der Waals surface area contributed by atoms with Gasteiger partial charge in [0.2, 0.25) is 0 Å². The molecule has 20 heavy (non-hydrogen) atoms. The second kappa shape index (κ2) is 5.52. The molecule has 0 amide bonds. The number of nitrogens with zero attached hydrogens (tertiary/aromatic N) is 2. The molecule has 1 aliphatic rings. The van der Waals surface area contributed by atoms with Crippen molar-refractivity contribution in [2.75, 3.05) is 0 Å². The molecular formula is C16H20N2OS. The highest BCUT2D eigenvalue weighted by Gasteiger charge is 2.27. The van der Waals surface area contributed by atoms with E-state index in [-0.39, 0.29) is 5.92 Å². The van der Waals surface area contributed by atoms with Crippen molar-refractivity contribution in [3.05, 3.63) is 39.3 Å². The molecule has 3 nitrogen and oxygen atoms in total. The molecule has 2 aromatic rings. The smallest absolute Gasteiger partial charge is 0.146 e. The topological polar surface area (TPSA) is 34.9 Å². The molecule has 0 bridgehead atoms. The van der Waals surface area contributed by atoms with E-state index in [1.165, 1.54) is 10.4 Å². The second-order valence-corrected chi connectivity index (χ2v) is 6.48. The van der Waals surface area contributed by atoms with Crippen LogP contribution in [0.1, 0.15) is 47.5 Å². The van der Waals surface area contributed by atoms with Gasteiger partial charge in [-0.1, -0.05) is 0 Å². The summed E-state index contributed by atoms with van der Waals surface area (Å²) in [6.45, 7) is 4.88. The predicted molar refractivity (Wildman–Crippen MR) is 81.3 cm³/mol. The van der Waals surface area contributed by atoms with Crippen molar-refractivity contribution in [2.24, 2.45) is 0 Å². The van der Waals surface area contributed by atoms with Crippen LogP contribution in [-0.4, -0.2) is 15.6 Å². The Kier molecular flexibility index (Phi) is 3.74. The van der Waals surface area contributed by atoms with Crippen molar-refractivity contribution >= 4 is 17.1 Å². The summed E-state index contributed by atoms with van der Waals surface area (Å²) in [5.41, 5.74) is 3.33. The van der Waals surface area contributed by atoms with Gasteiger partial charge in [-0.15, -0.1) is 11.3 Å². The molecule has 0 saturated carbocycles. The first kappa shape index (κ1) is 13.6. The Morgan fingerprint density at radius 3 is 3.20 bits per heavy atom. The number of aryl methyl sites for hydroxylation is 3. The van der Waals surface area contributed by atoms with Gasteiger partial charge < -0.3 is 0 Å². The first-order valence-electron chi connectivity index (χ1n) is 7.31. The van der Waals surface area contributed by atoms with Gasteiger partial charge in [-0.3, -0.25) is 9.48 Å². The van der Waals surface area contributed by atoms with Crippen LogP contribution in [-0.2, 0) is 24.2 Å². The number of hydrogen-bond acceptors (Lipinski definition) is 3. The van der Waals surface area contributed by atoms with Crippen molar-refractivity contribution in [1.82, 2.24) is 9.78 Å². The highest BCUT2D eigenvalue weighted by molar-refractivity contribution is 7.10. The lowest BCUT2D eigenvalue weighted by Crippen LogP contribution is -2.20. The molecule has 0 aromatic carbocycles. The summed E-state index contributed by atoms with van der Waals surface area (Å²) in [5.74, 6) is 0.449. The van der Waals surface area contributed by atoms with Crippen LogP contribution in [0.3, 0.4) is 0 Å². The third-order valence-corrected chi connectivity index (χ3v) is 5.08. The lowest BCUT2D eigenvalue weighted by molar-refractivity contribution is -0.120. The van der Waals surface area contributed by atoms with Gasteiger partial charge >= 0.3 is 0 Å². The maximum absolute atomic E-state index is 12.7. The van der Waals surface area contributed by atoms with Crippen molar-refractivity contribution < 1.29 is 4.79 Å². The van der Waals surface area contributed by atoms with E-state index in [4.69, 9.17) is 0 Å². The summed E-state index contributed by atoms with van der Waals surface area (Å²) < 4.78 is 1.95. The molecule has 4 heteroatoms. The highest BCUT2D eigenvalue weighted by Crippen LogP contribution is 2.36. The average molecular weight is 288 g/mol. The Morgan fingerprint density at radius 2 is 2.40 bits per heavy atom. The van der Waals surface area contributed by atoms with E-state index in [2.05, 4.69) is 23.5 Å². The molecule has 0 N–H and O–H groups in total. The van der Waals surface area contributed by atoms with E-state index >= 15 is 0 Å². The zero-order valence-corrected chi connectivity index (χ0v) is 12.9. The lowest BCUT2D eigenvalue weighted by Gasteiger charge is -2.21. The minimum absolute atomic E-state index is 0.102. The van der Waals surface area contributed by atoms with Gasteiger partial charge in [-0.05, 0) is 56.2 Å². The molecule has 1 atom stereocenters. The predicted octanol–water partition coefficient (Wildman–Crippen LogP) is 3.50. The number of Topliss-reactive ketones (excluding diaryl/α,β-unsaturated/α-hetero) is 1. The summed E-state index contributed by atoms with van der Waals surface area (Å²) in [5, 5.41) is 6.55. The van der Waals surface area contributed by atoms with E-state index in [1.807, 2.05) is 17.7 Å². The van der Waals surface area contributed by atoms with Gasteiger partial charge in [0.1, 0.15) is 5.78 Å². The molecule has 1 unspecified atom stereocenters. The van der Waals surface area contributed by atoms with Crippen LogP contribution < -0.4 is 0 Å². The third-order valence-electron chi connectivity index (χ3n) is 4.08. The zero-order chi connectivity index (χ0) is 14.1. The quantitative estimate of drug-likeness (QED) is 0.863. The Balaban J connectivity index is 1.81. The highest BCUT2D eigenvalue weighted by atomic mass is 32.1. The maximum atomic E-state index is 12.7. The van der Waals surface area contributed by atoms with Crippen LogP contribution in [0.5, 0.6) is 0 Å². The molecule has 1 aliphatic carbocycles. The molecule has 0 radical (unpaired) electrons. The molecule has 0 saturated heterocycles. The SMILES string of the molecule is CCn1nc(C)cc1CC(=O)C1CCCc2sccc21. The fraction of sp³-hybridized carbons (Fsp3) is 0.500. The van der Waals surface area contributed by atoms with E-state index in [9.17, 15) is 4.79 Å². The molecule has 2 aromatic heterocycles. The van der Waals surface area contributed by atoms with Crippen molar-refractivity contribution in [1.29, 1.82) is 0 Å². The zero-order valence-electron chi connectivity index (χ0n) is 12.1. The number of carbonyl (C=O) groups excluding carboxylic acids is 1. The van der Waals surface area contributed by atoms with Gasteiger partial charge in [-0.25, -0.2) is 0 Å². The normalized spacial score (nSPS) is 18.0. The van der Waals surface area contributed by atoms with Gasteiger partial charge in [-0.2, -0.15) is 5.10 Å². The molecule has 0 fully saturated rings. The minimum atomic E-state index is 0.102. The van der Waals surface area contributed by atoms with E-state index in [0.29, 0.717) is 12.2 Å². The van der Waals surface area contributed by atoms with Gasteiger partial charge in [0.25, 0.3) is 0 Å². The molecule has 0 aliphatic heterocycles. The lowest BCUT2D eigenvalue weighted by atomic mass is 9.83. The minimum Gasteiger partial charge on any atom is -0.299 e. The summed E-state index contributed by atoms with van der Waals surface area (Å²) in [6.07, 6.45) is 3.79. The van der Waals surface area contributed by atoms with Crippen LogP contribution in [0.2, 0.25) is 0 Å². The summed E-state index contributed by atoms with van der Waals surface area (Å²) >= 11 is 1.79. The van der Waals surface area contributed by atoms with E-state index < -0.39 is 0 Å². The number of carbonyl (C=O) groups is 1. The molecule has 2 heterocycles. The fourth-order valence-corrected chi connectivity index (χ4v) is 4.13. The van der Waals surface area contributed by atoms with Gasteiger partial charge in [0.15, 0.2) is 0 Å². The van der Waals surface area contributed by atoms with E-state index in [1.54, 1.807) is 11.3 Å². The van der Waals surface area contributed by atoms with Gasteiger partial charge in [0, 0.05) is 29.5 Å². The number of rotatable bonds is 4. The van der Waals surface area contributed by atoms with Crippen LogP contribution in [0.15, 0.2) is 17.5 Å². The van der Waals surface area contributed by atoms with Crippen LogP contribution in [0, 0.1) is 6.92 Å².